The van der Waals surface area contributed by atoms with E-state index in [1.165, 1.54) is 0 Å². The molecule has 1 rings (SSSR count). The van der Waals surface area contributed by atoms with Crippen molar-refractivity contribution in [2.75, 3.05) is 13.1 Å². The molecule has 1 saturated heterocycles. The van der Waals surface area contributed by atoms with Crippen molar-refractivity contribution in [3.63, 3.8) is 0 Å². The summed E-state index contributed by atoms with van der Waals surface area (Å²) in [6.07, 6.45) is 0.847. The lowest BCUT2D eigenvalue weighted by atomic mass is 9.97. The molecule has 0 aromatic carbocycles. The highest BCUT2D eigenvalue weighted by Gasteiger charge is 2.25. The lowest BCUT2D eigenvalue weighted by molar-refractivity contribution is 0.326. The topological polar surface area (TPSA) is 70.2 Å². The first-order chi connectivity index (χ1) is 6.91. The normalized spacial score (nSPS) is 28.3. The second kappa shape index (κ2) is 5.25. The Bertz CT molecular complexity index is 290. The highest BCUT2D eigenvalue weighted by atomic mass is 32.2. The van der Waals surface area contributed by atoms with Crippen LogP contribution in [0.1, 0.15) is 27.2 Å². The number of nitrogens with one attached hydrogen (secondary N) is 3. The standard InChI is InChI=1S/C9H21N3O2S/c1-7(2)11-15(13,14)12-9-4-5-10-6-8(9)3/h7-12H,4-6H2,1-3H3/t8-,9+/m0/s1. The van der Waals surface area contributed by atoms with Crippen LogP contribution >= 0.6 is 0 Å². The van der Waals surface area contributed by atoms with Gasteiger partial charge in [-0.25, -0.2) is 0 Å². The smallest absolute Gasteiger partial charge is 0.277 e. The first kappa shape index (κ1) is 12.9. The predicted molar refractivity (Wildman–Crippen MR) is 60.8 cm³/mol. The van der Waals surface area contributed by atoms with E-state index in [9.17, 15) is 8.42 Å². The molecule has 3 N–H and O–H groups in total. The Morgan fingerprint density at radius 2 is 2.07 bits per heavy atom. The van der Waals surface area contributed by atoms with Crippen LogP contribution in [-0.4, -0.2) is 33.6 Å². The van der Waals surface area contributed by atoms with E-state index < -0.39 is 10.2 Å². The third-order valence-electron chi connectivity index (χ3n) is 2.48. The Balaban J connectivity index is 2.52. The van der Waals surface area contributed by atoms with Gasteiger partial charge >= 0.3 is 0 Å². The van der Waals surface area contributed by atoms with E-state index in [4.69, 9.17) is 0 Å². The van der Waals surface area contributed by atoms with Gasteiger partial charge in [0.2, 0.25) is 0 Å². The minimum Gasteiger partial charge on any atom is -0.316 e. The van der Waals surface area contributed by atoms with Crippen molar-refractivity contribution in [3.05, 3.63) is 0 Å². The molecule has 0 spiro atoms. The van der Waals surface area contributed by atoms with Gasteiger partial charge in [0.25, 0.3) is 10.2 Å². The Morgan fingerprint density at radius 1 is 1.40 bits per heavy atom. The van der Waals surface area contributed by atoms with E-state index in [0.29, 0.717) is 5.92 Å². The molecular formula is C9H21N3O2S. The largest absolute Gasteiger partial charge is 0.316 e. The van der Waals surface area contributed by atoms with Crippen LogP contribution in [0.2, 0.25) is 0 Å². The molecule has 0 bridgehead atoms. The van der Waals surface area contributed by atoms with Crippen molar-refractivity contribution in [1.82, 2.24) is 14.8 Å². The van der Waals surface area contributed by atoms with Crippen LogP contribution in [0.4, 0.5) is 0 Å². The molecule has 0 amide bonds. The van der Waals surface area contributed by atoms with Crippen molar-refractivity contribution in [3.8, 4) is 0 Å². The monoisotopic (exact) mass is 235 g/mol. The molecular weight excluding hydrogens is 214 g/mol. The Kier molecular flexibility index (Phi) is 4.51. The Hall–Kier alpha value is -0.170. The maximum absolute atomic E-state index is 11.6. The quantitative estimate of drug-likeness (QED) is 0.633. The van der Waals surface area contributed by atoms with Crippen LogP contribution in [-0.2, 0) is 10.2 Å². The Labute approximate surface area is 92.2 Å². The van der Waals surface area contributed by atoms with Crippen LogP contribution in [0.15, 0.2) is 0 Å². The zero-order valence-electron chi connectivity index (χ0n) is 9.58. The van der Waals surface area contributed by atoms with Gasteiger partial charge in [0.1, 0.15) is 0 Å². The summed E-state index contributed by atoms with van der Waals surface area (Å²) in [7, 11) is -3.34. The van der Waals surface area contributed by atoms with Crippen LogP contribution < -0.4 is 14.8 Å². The zero-order valence-corrected chi connectivity index (χ0v) is 10.4. The molecule has 15 heavy (non-hydrogen) atoms. The van der Waals surface area contributed by atoms with E-state index in [-0.39, 0.29) is 12.1 Å². The van der Waals surface area contributed by atoms with E-state index in [0.717, 1.165) is 19.5 Å². The third-order valence-corrected chi connectivity index (χ3v) is 3.88. The van der Waals surface area contributed by atoms with Crippen LogP contribution in [0, 0.1) is 5.92 Å². The molecule has 0 radical (unpaired) electrons. The number of piperidine rings is 1. The molecule has 1 heterocycles. The molecule has 0 aliphatic carbocycles. The summed E-state index contributed by atoms with van der Waals surface area (Å²) < 4.78 is 28.4. The fourth-order valence-electron chi connectivity index (χ4n) is 1.73. The van der Waals surface area contributed by atoms with Gasteiger partial charge in [0.05, 0.1) is 0 Å². The van der Waals surface area contributed by atoms with Gasteiger partial charge in [-0.05, 0) is 39.3 Å². The van der Waals surface area contributed by atoms with Gasteiger partial charge < -0.3 is 5.32 Å². The van der Waals surface area contributed by atoms with E-state index in [2.05, 4.69) is 21.7 Å². The summed E-state index contributed by atoms with van der Waals surface area (Å²) in [6.45, 7) is 7.42. The maximum Gasteiger partial charge on any atom is 0.277 e. The summed E-state index contributed by atoms with van der Waals surface area (Å²) in [5.41, 5.74) is 0. The van der Waals surface area contributed by atoms with Crippen molar-refractivity contribution < 1.29 is 8.42 Å². The highest BCUT2D eigenvalue weighted by molar-refractivity contribution is 7.87. The van der Waals surface area contributed by atoms with Crippen molar-refractivity contribution in [2.24, 2.45) is 5.92 Å². The molecule has 1 fully saturated rings. The summed E-state index contributed by atoms with van der Waals surface area (Å²) in [5, 5.41) is 3.24. The fraction of sp³-hybridized carbons (Fsp3) is 1.00. The number of hydrogen-bond acceptors (Lipinski definition) is 3. The molecule has 1 aliphatic rings. The molecule has 0 unspecified atom stereocenters. The highest BCUT2D eigenvalue weighted by Crippen LogP contribution is 2.10. The van der Waals surface area contributed by atoms with E-state index in [1.54, 1.807) is 0 Å². The second-order valence-corrected chi connectivity index (χ2v) is 5.95. The molecule has 0 aromatic heterocycles. The van der Waals surface area contributed by atoms with Crippen LogP contribution in [0.3, 0.4) is 0 Å². The van der Waals surface area contributed by atoms with Crippen molar-refractivity contribution in [2.45, 2.75) is 39.3 Å². The zero-order chi connectivity index (χ0) is 11.5. The van der Waals surface area contributed by atoms with Gasteiger partial charge in [-0.15, -0.1) is 0 Å². The lowest BCUT2D eigenvalue weighted by Gasteiger charge is -2.30. The minimum atomic E-state index is -3.34. The average Bonchev–Trinajstić information content (AvgIpc) is 2.06. The number of hydrogen-bond donors (Lipinski definition) is 3. The van der Waals surface area contributed by atoms with Crippen molar-refractivity contribution >= 4 is 10.2 Å². The van der Waals surface area contributed by atoms with Gasteiger partial charge in [0.15, 0.2) is 0 Å². The Morgan fingerprint density at radius 3 is 2.60 bits per heavy atom. The SMILES string of the molecule is CC(C)NS(=O)(=O)N[C@@H]1CCNC[C@@H]1C. The first-order valence-corrected chi connectivity index (χ1v) is 6.89. The number of rotatable bonds is 4. The molecule has 1 aliphatic heterocycles. The van der Waals surface area contributed by atoms with Crippen LogP contribution in [0.5, 0.6) is 0 Å². The van der Waals surface area contributed by atoms with Gasteiger partial charge in [-0.3, -0.25) is 0 Å². The van der Waals surface area contributed by atoms with E-state index in [1.807, 2.05) is 13.8 Å². The maximum atomic E-state index is 11.6. The van der Waals surface area contributed by atoms with E-state index >= 15 is 0 Å². The van der Waals surface area contributed by atoms with Gasteiger partial charge in [-0.1, -0.05) is 6.92 Å². The summed E-state index contributed by atoms with van der Waals surface area (Å²) in [5.74, 6) is 0.336. The molecule has 0 aromatic rings. The molecule has 6 heteroatoms. The third kappa shape index (κ3) is 4.46. The predicted octanol–water partition coefficient (Wildman–Crippen LogP) is -0.183. The van der Waals surface area contributed by atoms with Crippen molar-refractivity contribution in [1.29, 1.82) is 0 Å². The molecule has 0 saturated carbocycles. The summed E-state index contributed by atoms with van der Waals surface area (Å²) >= 11 is 0. The fourth-order valence-corrected chi connectivity index (χ4v) is 3.17. The van der Waals surface area contributed by atoms with Gasteiger partial charge in [0, 0.05) is 12.1 Å². The molecule has 5 nitrogen and oxygen atoms in total. The molecule has 2 atom stereocenters. The minimum absolute atomic E-state index is 0.0440. The average molecular weight is 235 g/mol. The lowest BCUT2D eigenvalue weighted by Crippen LogP contribution is -2.52. The first-order valence-electron chi connectivity index (χ1n) is 5.41. The van der Waals surface area contributed by atoms with Gasteiger partial charge in [-0.2, -0.15) is 17.9 Å². The molecule has 90 valence electrons. The second-order valence-electron chi connectivity index (χ2n) is 4.47. The van der Waals surface area contributed by atoms with Crippen LogP contribution in [0.25, 0.3) is 0 Å². The summed E-state index contributed by atoms with van der Waals surface area (Å²) in [4.78, 5) is 0. The summed E-state index contributed by atoms with van der Waals surface area (Å²) in [6, 6.07) is -0.0259.